The number of hydrogen-bond acceptors (Lipinski definition) is 3. The van der Waals surface area contributed by atoms with Crippen molar-refractivity contribution in [1.82, 2.24) is 0 Å². The molecule has 2 aromatic carbocycles. The van der Waals surface area contributed by atoms with Crippen LogP contribution in [0.25, 0.3) is 0 Å². The van der Waals surface area contributed by atoms with Crippen LogP contribution in [0.2, 0.25) is 0 Å². The minimum absolute atomic E-state index is 0.00704. The summed E-state index contributed by atoms with van der Waals surface area (Å²) in [5.74, 6) is -4.20. The van der Waals surface area contributed by atoms with Gasteiger partial charge in [-0.15, -0.1) is 0 Å². The fourth-order valence-corrected chi connectivity index (χ4v) is 1.97. The Hall–Kier alpha value is -2.22. The molecule has 21 heavy (non-hydrogen) atoms. The zero-order valence-electron chi connectivity index (χ0n) is 10.3. The molecule has 2 aromatic rings. The minimum atomic E-state index is -1.47. The van der Waals surface area contributed by atoms with E-state index in [0.29, 0.717) is 6.07 Å². The Kier molecular flexibility index (Phi) is 4.08. The molecule has 0 saturated heterocycles. The fourth-order valence-electron chi connectivity index (χ4n) is 1.63. The molecule has 2 rings (SSSR count). The first-order valence-electron chi connectivity index (χ1n) is 5.53. The number of carboxylic acids is 1. The number of aromatic carboxylic acids is 1. The third-order valence-corrected chi connectivity index (χ3v) is 3.26. The van der Waals surface area contributed by atoms with Crippen LogP contribution in [0.1, 0.15) is 10.4 Å². The van der Waals surface area contributed by atoms with Gasteiger partial charge in [0.15, 0.2) is 0 Å². The number of rotatable bonds is 3. The van der Waals surface area contributed by atoms with Gasteiger partial charge in [-0.05, 0) is 28.1 Å². The molecule has 0 saturated carbocycles. The van der Waals surface area contributed by atoms with Gasteiger partial charge in [0.05, 0.1) is 27.1 Å². The Bertz CT molecular complexity index is 738. The van der Waals surface area contributed by atoms with Crippen molar-refractivity contribution in [3.8, 4) is 0 Å². The van der Waals surface area contributed by atoms with Gasteiger partial charge in [0.25, 0.3) is 0 Å². The molecule has 0 unspecified atom stereocenters. The third kappa shape index (κ3) is 3.10. The predicted octanol–water partition coefficient (Wildman–Crippen LogP) is 3.89. The summed E-state index contributed by atoms with van der Waals surface area (Å²) in [4.78, 5) is 10.8. The molecule has 0 radical (unpaired) electrons. The van der Waals surface area contributed by atoms with Crippen LogP contribution in [0.4, 0.5) is 30.2 Å². The Morgan fingerprint density at radius 2 is 1.71 bits per heavy atom. The number of anilines is 3. The molecule has 0 aliphatic heterocycles. The summed E-state index contributed by atoms with van der Waals surface area (Å²) in [7, 11) is 0. The lowest BCUT2D eigenvalue weighted by Gasteiger charge is -2.12. The standard InChI is InChI=1S/C13H8BrF3N2O2/c14-6-2-11(9(17)3-8(6)16)19-12-4-7(15)5(13(20)21)1-10(12)18/h1-4,19H,18H2,(H,20,21). The van der Waals surface area contributed by atoms with Gasteiger partial charge in [0, 0.05) is 12.1 Å². The van der Waals surface area contributed by atoms with Crippen LogP contribution in [0, 0.1) is 17.5 Å². The third-order valence-electron chi connectivity index (χ3n) is 2.65. The smallest absolute Gasteiger partial charge is 0.338 e. The number of nitrogens with two attached hydrogens (primary N) is 1. The first-order valence-corrected chi connectivity index (χ1v) is 6.32. The average Bonchev–Trinajstić information content (AvgIpc) is 2.39. The molecule has 0 fully saturated rings. The number of benzene rings is 2. The van der Waals surface area contributed by atoms with Crippen LogP contribution in [-0.2, 0) is 0 Å². The summed E-state index contributed by atoms with van der Waals surface area (Å²) in [6, 6.07) is 3.50. The molecule has 0 aliphatic carbocycles. The molecule has 0 amide bonds. The van der Waals surface area contributed by atoms with Crippen molar-refractivity contribution in [2.24, 2.45) is 0 Å². The summed E-state index contributed by atoms with van der Waals surface area (Å²) in [5.41, 5.74) is 4.73. The Balaban J connectivity index is 2.43. The quantitative estimate of drug-likeness (QED) is 0.573. The van der Waals surface area contributed by atoms with Crippen molar-refractivity contribution in [2.45, 2.75) is 0 Å². The van der Waals surface area contributed by atoms with Gasteiger partial charge in [0.2, 0.25) is 0 Å². The molecule has 0 bridgehead atoms. The molecule has 0 atom stereocenters. The molecule has 0 aliphatic rings. The van der Waals surface area contributed by atoms with Gasteiger partial charge in [-0.3, -0.25) is 0 Å². The topological polar surface area (TPSA) is 75.4 Å². The minimum Gasteiger partial charge on any atom is -0.478 e. The van der Waals surface area contributed by atoms with Crippen LogP contribution < -0.4 is 11.1 Å². The predicted molar refractivity (Wildman–Crippen MR) is 75.1 cm³/mol. The van der Waals surface area contributed by atoms with Gasteiger partial charge in [-0.2, -0.15) is 0 Å². The van der Waals surface area contributed by atoms with E-state index in [1.807, 2.05) is 0 Å². The van der Waals surface area contributed by atoms with E-state index in [1.54, 1.807) is 0 Å². The Morgan fingerprint density at radius 1 is 1.05 bits per heavy atom. The van der Waals surface area contributed by atoms with Gasteiger partial charge >= 0.3 is 5.97 Å². The number of hydrogen-bond donors (Lipinski definition) is 3. The summed E-state index contributed by atoms with van der Waals surface area (Å²) in [5, 5.41) is 11.2. The van der Waals surface area contributed by atoms with E-state index in [2.05, 4.69) is 21.2 Å². The van der Waals surface area contributed by atoms with Crippen LogP contribution in [0.3, 0.4) is 0 Å². The van der Waals surface area contributed by atoms with E-state index in [1.165, 1.54) is 0 Å². The molecular weight excluding hydrogens is 353 g/mol. The van der Waals surface area contributed by atoms with Crippen molar-refractivity contribution < 1.29 is 23.1 Å². The lowest BCUT2D eigenvalue weighted by molar-refractivity contribution is 0.0692. The highest BCUT2D eigenvalue weighted by atomic mass is 79.9. The molecule has 110 valence electrons. The second-order valence-corrected chi connectivity index (χ2v) is 4.95. The summed E-state index contributed by atoms with van der Waals surface area (Å²) in [6.45, 7) is 0. The highest BCUT2D eigenvalue weighted by Crippen LogP contribution is 2.30. The molecule has 4 N–H and O–H groups in total. The number of nitrogen functional groups attached to an aromatic ring is 1. The molecule has 4 nitrogen and oxygen atoms in total. The summed E-state index contributed by atoms with van der Waals surface area (Å²) in [6.07, 6.45) is 0. The van der Waals surface area contributed by atoms with E-state index in [-0.39, 0.29) is 21.5 Å². The first kappa shape index (κ1) is 15.2. The molecule has 0 aromatic heterocycles. The number of carbonyl (C=O) groups is 1. The number of halogens is 4. The molecule has 8 heteroatoms. The molecule has 0 spiro atoms. The van der Waals surface area contributed by atoms with Gasteiger partial charge in [0.1, 0.15) is 17.5 Å². The van der Waals surface area contributed by atoms with Crippen LogP contribution in [-0.4, -0.2) is 11.1 Å². The van der Waals surface area contributed by atoms with Crippen molar-refractivity contribution in [3.05, 3.63) is 51.8 Å². The van der Waals surface area contributed by atoms with Crippen LogP contribution >= 0.6 is 15.9 Å². The Morgan fingerprint density at radius 3 is 2.33 bits per heavy atom. The highest BCUT2D eigenvalue weighted by Gasteiger charge is 2.15. The SMILES string of the molecule is Nc1cc(C(=O)O)c(F)cc1Nc1cc(Br)c(F)cc1F. The lowest BCUT2D eigenvalue weighted by Crippen LogP contribution is -2.05. The maximum Gasteiger partial charge on any atom is 0.338 e. The first-order chi connectivity index (χ1) is 9.79. The molecular formula is C13H8BrF3N2O2. The Labute approximate surface area is 125 Å². The van der Waals surface area contributed by atoms with Gasteiger partial charge < -0.3 is 16.2 Å². The maximum absolute atomic E-state index is 13.6. The van der Waals surface area contributed by atoms with E-state index < -0.39 is 29.0 Å². The number of carboxylic acid groups (broad SMARTS) is 1. The normalized spacial score (nSPS) is 10.5. The van der Waals surface area contributed by atoms with E-state index >= 15 is 0 Å². The fraction of sp³-hybridized carbons (Fsp3) is 0. The van der Waals surface area contributed by atoms with E-state index in [9.17, 15) is 18.0 Å². The number of nitrogens with one attached hydrogen (secondary N) is 1. The van der Waals surface area contributed by atoms with Crippen molar-refractivity contribution in [3.63, 3.8) is 0 Å². The van der Waals surface area contributed by atoms with E-state index in [0.717, 1.165) is 18.2 Å². The monoisotopic (exact) mass is 360 g/mol. The van der Waals surface area contributed by atoms with Crippen LogP contribution in [0.15, 0.2) is 28.7 Å². The van der Waals surface area contributed by atoms with Crippen molar-refractivity contribution >= 4 is 39.0 Å². The summed E-state index contributed by atoms with van der Waals surface area (Å²) < 4.78 is 40.3. The zero-order valence-corrected chi connectivity index (χ0v) is 11.8. The van der Waals surface area contributed by atoms with Crippen molar-refractivity contribution in [1.29, 1.82) is 0 Å². The average molecular weight is 361 g/mol. The maximum atomic E-state index is 13.6. The van der Waals surface area contributed by atoms with Gasteiger partial charge in [-0.1, -0.05) is 0 Å². The van der Waals surface area contributed by atoms with Crippen molar-refractivity contribution in [2.75, 3.05) is 11.1 Å². The highest BCUT2D eigenvalue weighted by molar-refractivity contribution is 9.10. The van der Waals surface area contributed by atoms with E-state index in [4.69, 9.17) is 10.8 Å². The summed E-state index contributed by atoms with van der Waals surface area (Å²) >= 11 is 2.89. The largest absolute Gasteiger partial charge is 0.478 e. The second kappa shape index (κ2) is 5.65. The molecule has 0 heterocycles. The zero-order chi connectivity index (χ0) is 15.7. The lowest BCUT2D eigenvalue weighted by atomic mass is 10.1. The van der Waals surface area contributed by atoms with Gasteiger partial charge in [-0.25, -0.2) is 18.0 Å². The second-order valence-electron chi connectivity index (χ2n) is 4.10. The van der Waals surface area contributed by atoms with Crippen LogP contribution in [0.5, 0.6) is 0 Å².